The molecule has 94 valence electrons. The largest absolute Gasteiger partial charge is 0.388 e. The predicted molar refractivity (Wildman–Crippen MR) is 72.0 cm³/mol. The van der Waals surface area contributed by atoms with Crippen LogP contribution in [-0.2, 0) is 0 Å². The summed E-state index contributed by atoms with van der Waals surface area (Å²) in [5.74, 6) is 0. The first-order valence-electron chi connectivity index (χ1n) is 6.23. The van der Waals surface area contributed by atoms with Gasteiger partial charge in [0.2, 0.25) is 0 Å². The average Bonchev–Trinajstić information content (AvgIpc) is 2.46. The number of hydrogen-bond acceptors (Lipinski definition) is 2. The zero-order chi connectivity index (χ0) is 12.8. The molecule has 18 heavy (non-hydrogen) atoms. The van der Waals surface area contributed by atoms with E-state index in [0.717, 1.165) is 11.1 Å². The van der Waals surface area contributed by atoms with E-state index < -0.39 is 12.2 Å². The van der Waals surface area contributed by atoms with Crippen LogP contribution in [0.4, 0.5) is 0 Å². The predicted octanol–water partition coefficient (Wildman–Crippen LogP) is 3.23. The fourth-order valence-electron chi connectivity index (χ4n) is 2.00. The van der Waals surface area contributed by atoms with Gasteiger partial charge in [-0.1, -0.05) is 60.7 Å². The first-order valence-corrected chi connectivity index (χ1v) is 6.23. The fraction of sp³-hybridized carbons (Fsp3) is 0.250. The van der Waals surface area contributed by atoms with E-state index in [1.165, 1.54) is 0 Å². The van der Waals surface area contributed by atoms with Crippen molar-refractivity contribution in [3.05, 3.63) is 71.8 Å². The minimum atomic E-state index is -0.510. The monoisotopic (exact) mass is 242 g/mol. The lowest BCUT2D eigenvalue weighted by Gasteiger charge is -2.14. The molecule has 0 heterocycles. The highest BCUT2D eigenvalue weighted by Gasteiger charge is 2.12. The molecule has 2 aromatic rings. The summed E-state index contributed by atoms with van der Waals surface area (Å²) >= 11 is 0. The Morgan fingerprint density at radius 2 is 0.944 bits per heavy atom. The van der Waals surface area contributed by atoms with Gasteiger partial charge in [-0.25, -0.2) is 0 Å². The van der Waals surface area contributed by atoms with Crippen LogP contribution in [-0.4, -0.2) is 10.2 Å². The van der Waals surface area contributed by atoms with Crippen LogP contribution < -0.4 is 0 Å². The highest BCUT2D eigenvalue weighted by atomic mass is 16.3. The number of benzene rings is 2. The molecule has 0 aromatic heterocycles. The minimum Gasteiger partial charge on any atom is -0.388 e. The molecule has 0 aliphatic rings. The molecule has 0 bridgehead atoms. The minimum absolute atomic E-state index is 0.510. The molecule has 2 aromatic carbocycles. The Hall–Kier alpha value is -1.64. The van der Waals surface area contributed by atoms with E-state index in [2.05, 4.69) is 0 Å². The van der Waals surface area contributed by atoms with Crippen molar-refractivity contribution >= 4 is 0 Å². The van der Waals surface area contributed by atoms with Crippen molar-refractivity contribution in [3.8, 4) is 0 Å². The molecule has 0 unspecified atom stereocenters. The Kier molecular flexibility index (Phi) is 4.51. The molecule has 2 heteroatoms. The van der Waals surface area contributed by atoms with Gasteiger partial charge in [0.1, 0.15) is 0 Å². The molecule has 0 amide bonds. The summed E-state index contributed by atoms with van der Waals surface area (Å²) in [6, 6.07) is 19.1. The fourth-order valence-corrected chi connectivity index (χ4v) is 2.00. The molecule has 2 rings (SSSR count). The van der Waals surface area contributed by atoms with E-state index >= 15 is 0 Å². The van der Waals surface area contributed by atoms with Gasteiger partial charge < -0.3 is 10.2 Å². The maximum atomic E-state index is 10.0. The van der Waals surface area contributed by atoms with Crippen molar-refractivity contribution in [1.82, 2.24) is 0 Å². The molecule has 0 aliphatic heterocycles. The topological polar surface area (TPSA) is 40.5 Å². The lowest BCUT2D eigenvalue weighted by molar-refractivity contribution is 0.115. The van der Waals surface area contributed by atoms with Gasteiger partial charge in [-0.2, -0.15) is 0 Å². The average molecular weight is 242 g/mol. The molecule has 2 N–H and O–H groups in total. The van der Waals surface area contributed by atoms with Crippen molar-refractivity contribution in [2.24, 2.45) is 0 Å². The second kappa shape index (κ2) is 6.34. The van der Waals surface area contributed by atoms with Crippen LogP contribution in [0.1, 0.15) is 36.2 Å². The van der Waals surface area contributed by atoms with Gasteiger partial charge in [0.15, 0.2) is 0 Å². The molecule has 2 nitrogen and oxygen atoms in total. The molecular weight excluding hydrogens is 224 g/mol. The molecule has 0 saturated heterocycles. The van der Waals surface area contributed by atoms with E-state index in [0.29, 0.717) is 12.8 Å². The third kappa shape index (κ3) is 3.42. The normalized spacial score (nSPS) is 14.1. The summed E-state index contributed by atoms with van der Waals surface area (Å²) in [5, 5.41) is 20.0. The van der Waals surface area contributed by atoms with E-state index in [-0.39, 0.29) is 0 Å². The summed E-state index contributed by atoms with van der Waals surface area (Å²) in [6.07, 6.45) is 0.0919. The van der Waals surface area contributed by atoms with Crippen molar-refractivity contribution < 1.29 is 10.2 Å². The van der Waals surface area contributed by atoms with Crippen molar-refractivity contribution in [3.63, 3.8) is 0 Å². The Labute approximate surface area is 108 Å². The first kappa shape index (κ1) is 12.8. The highest BCUT2D eigenvalue weighted by molar-refractivity contribution is 5.19. The summed E-state index contributed by atoms with van der Waals surface area (Å²) in [6.45, 7) is 0. The number of hydrogen-bond donors (Lipinski definition) is 2. The van der Waals surface area contributed by atoms with Crippen molar-refractivity contribution in [1.29, 1.82) is 0 Å². The standard InChI is InChI=1S/C16H18O2/c17-15(13-7-3-1-4-8-13)11-12-16(18)14-9-5-2-6-10-14/h1-10,15-18H,11-12H2/t15-,16-/m1/s1. The summed E-state index contributed by atoms with van der Waals surface area (Å²) in [4.78, 5) is 0. The zero-order valence-corrected chi connectivity index (χ0v) is 10.2. The molecule has 2 atom stereocenters. The number of aliphatic hydroxyl groups is 2. The van der Waals surface area contributed by atoms with Crippen LogP contribution in [0, 0.1) is 0 Å². The van der Waals surface area contributed by atoms with E-state index in [9.17, 15) is 10.2 Å². The summed E-state index contributed by atoms with van der Waals surface area (Å²) < 4.78 is 0. The molecule has 0 aliphatic carbocycles. The first-order chi connectivity index (χ1) is 8.77. The van der Waals surface area contributed by atoms with Crippen LogP contribution in [0.15, 0.2) is 60.7 Å². The van der Waals surface area contributed by atoms with E-state index in [1.54, 1.807) is 0 Å². The highest BCUT2D eigenvalue weighted by Crippen LogP contribution is 2.24. The Morgan fingerprint density at radius 3 is 1.28 bits per heavy atom. The molecule has 0 fully saturated rings. The van der Waals surface area contributed by atoms with Crippen molar-refractivity contribution in [2.75, 3.05) is 0 Å². The van der Waals surface area contributed by atoms with Crippen LogP contribution in [0.25, 0.3) is 0 Å². The Balaban J connectivity index is 1.89. The Bertz CT molecular complexity index is 408. The van der Waals surface area contributed by atoms with Gasteiger partial charge in [0, 0.05) is 0 Å². The van der Waals surface area contributed by atoms with Gasteiger partial charge >= 0.3 is 0 Å². The lowest BCUT2D eigenvalue weighted by Crippen LogP contribution is -2.02. The van der Waals surface area contributed by atoms with Gasteiger partial charge in [0.25, 0.3) is 0 Å². The van der Waals surface area contributed by atoms with Gasteiger partial charge in [-0.3, -0.25) is 0 Å². The lowest BCUT2D eigenvalue weighted by atomic mass is 9.99. The van der Waals surface area contributed by atoms with Crippen LogP contribution in [0.2, 0.25) is 0 Å². The van der Waals surface area contributed by atoms with Crippen LogP contribution >= 0.6 is 0 Å². The SMILES string of the molecule is O[C@H](CC[C@@H](O)c1ccccc1)c1ccccc1. The van der Waals surface area contributed by atoms with Crippen molar-refractivity contribution in [2.45, 2.75) is 25.0 Å². The Morgan fingerprint density at radius 1 is 0.611 bits per heavy atom. The van der Waals surface area contributed by atoms with Gasteiger partial charge in [0.05, 0.1) is 12.2 Å². The van der Waals surface area contributed by atoms with E-state index in [4.69, 9.17) is 0 Å². The quantitative estimate of drug-likeness (QED) is 0.845. The summed E-state index contributed by atoms with van der Waals surface area (Å²) in [5.41, 5.74) is 1.80. The molecule has 0 spiro atoms. The third-order valence-corrected chi connectivity index (χ3v) is 3.08. The third-order valence-electron chi connectivity index (χ3n) is 3.08. The van der Waals surface area contributed by atoms with Gasteiger partial charge in [-0.05, 0) is 24.0 Å². The van der Waals surface area contributed by atoms with Gasteiger partial charge in [-0.15, -0.1) is 0 Å². The van der Waals surface area contributed by atoms with Crippen LogP contribution in [0.5, 0.6) is 0 Å². The molecular formula is C16H18O2. The second-order valence-corrected chi connectivity index (χ2v) is 4.43. The smallest absolute Gasteiger partial charge is 0.0791 e. The number of rotatable bonds is 5. The molecule has 0 saturated carbocycles. The zero-order valence-electron chi connectivity index (χ0n) is 10.2. The molecule has 0 radical (unpaired) electrons. The maximum Gasteiger partial charge on any atom is 0.0791 e. The van der Waals surface area contributed by atoms with Crippen LogP contribution in [0.3, 0.4) is 0 Å². The number of aliphatic hydroxyl groups excluding tert-OH is 2. The second-order valence-electron chi connectivity index (χ2n) is 4.43. The van der Waals surface area contributed by atoms with E-state index in [1.807, 2.05) is 60.7 Å². The maximum absolute atomic E-state index is 10.0. The summed E-state index contributed by atoms with van der Waals surface area (Å²) in [7, 11) is 0.